The largest absolute Gasteiger partial charge is 0.493 e. The number of nitrogens with zero attached hydrogens (tertiary/aromatic N) is 1. The van der Waals surface area contributed by atoms with Gasteiger partial charge in [-0.25, -0.2) is 9.18 Å². The number of H-pyrrole nitrogens is 1. The normalized spacial score (nSPS) is 10.8. The molecule has 0 bridgehead atoms. The van der Waals surface area contributed by atoms with Crippen LogP contribution in [0.1, 0.15) is 10.4 Å². The molecular formula is C24H22FN3O4S. The third kappa shape index (κ3) is 5.15. The Morgan fingerprint density at radius 3 is 2.45 bits per heavy atom. The number of fused-ring (bicyclic) bond motifs is 1. The number of anilines is 1. The number of rotatable bonds is 7. The molecule has 170 valence electrons. The second-order valence-electron chi connectivity index (χ2n) is 7.29. The van der Waals surface area contributed by atoms with E-state index in [4.69, 9.17) is 9.47 Å². The third-order valence-corrected chi connectivity index (χ3v) is 5.96. The topological polar surface area (TPSA) is 83.7 Å². The van der Waals surface area contributed by atoms with E-state index in [1.54, 1.807) is 25.3 Å². The number of hydrogen-bond donors (Lipinski definition) is 2. The fourth-order valence-corrected chi connectivity index (χ4v) is 4.15. The molecule has 0 aliphatic rings. The highest BCUT2D eigenvalue weighted by Crippen LogP contribution is 2.31. The number of carbonyl (C=O) groups is 1. The number of amides is 2. The maximum absolute atomic E-state index is 13.2. The summed E-state index contributed by atoms with van der Waals surface area (Å²) in [7, 11) is 3.07. The highest BCUT2D eigenvalue weighted by Gasteiger charge is 2.18. The van der Waals surface area contributed by atoms with E-state index in [0.717, 1.165) is 10.3 Å². The van der Waals surface area contributed by atoms with E-state index >= 15 is 0 Å². The van der Waals surface area contributed by atoms with Crippen molar-refractivity contribution in [2.24, 2.45) is 0 Å². The molecule has 0 atom stereocenters. The number of ether oxygens (including phenoxy) is 2. The van der Waals surface area contributed by atoms with Gasteiger partial charge < -0.3 is 24.7 Å². The van der Waals surface area contributed by atoms with Crippen molar-refractivity contribution < 1.29 is 18.7 Å². The van der Waals surface area contributed by atoms with Crippen LogP contribution in [0.25, 0.3) is 10.9 Å². The van der Waals surface area contributed by atoms with Gasteiger partial charge in [-0.15, -0.1) is 11.3 Å². The molecule has 0 fully saturated rings. The van der Waals surface area contributed by atoms with Gasteiger partial charge in [-0.05, 0) is 47.8 Å². The molecule has 0 saturated heterocycles. The maximum atomic E-state index is 13.2. The smallest absolute Gasteiger partial charge is 0.322 e. The van der Waals surface area contributed by atoms with Crippen molar-refractivity contribution in [1.29, 1.82) is 0 Å². The maximum Gasteiger partial charge on any atom is 0.322 e. The van der Waals surface area contributed by atoms with Gasteiger partial charge in [0.2, 0.25) is 0 Å². The lowest BCUT2D eigenvalue weighted by Crippen LogP contribution is -2.35. The van der Waals surface area contributed by atoms with Crippen molar-refractivity contribution in [2.45, 2.75) is 13.1 Å². The average Bonchev–Trinajstić information content (AvgIpc) is 3.33. The van der Waals surface area contributed by atoms with Gasteiger partial charge in [-0.3, -0.25) is 4.79 Å². The number of aromatic nitrogens is 1. The predicted molar refractivity (Wildman–Crippen MR) is 127 cm³/mol. The summed E-state index contributed by atoms with van der Waals surface area (Å²) in [6, 6.07) is 14.1. The number of benzene rings is 2. The van der Waals surface area contributed by atoms with Crippen LogP contribution in [0.3, 0.4) is 0 Å². The number of methoxy groups -OCH3 is 2. The molecule has 2 aromatic heterocycles. The Bertz CT molecular complexity index is 1320. The molecule has 0 unspecified atom stereocenters. The van der Waals surface area contributed by atoms with Crippen molar-refractivity contribution in [3.63, 3.8) is 0 Å². The number of nitrogens with one attached hydrogen (secondary N) is 2. The summed E-state index contributed by atoms with van der Waals surface area (Å²) >= 11 is 1.52. The minimum atomic E-state index is -0.401. The van der Waals surface area contributed by atoms with E-state index < -0.39 is 11.8 Å². The molecule has 33 heavy (non-hydrogen) atoms. The summed E-state index contributed by atoms with van der Waals surface area (Å²) in [5, 5.41) is 5.44. The number of thiophene rings is 1. The van der Waals surface area contributed by atoms with E-state index in [0.29, 0.717) is 34.8 Å². The van der Waals surface area contributed by atoms with Crippen molar-refractivity contribution in [2.75, 3.05) is 19.5 Å². The Morgan fingerprint density at radius 2 is 1.79 bits per heavy atom. The van der Waals surface area contributed by atoms with Crippen LogP contribution in [-0.2, 0) is 13.1 Å². The average molecular weight is 468 g/mol. The Morgan fingerprint density at radius 1 is 1.06 bits per heavy atom. The van der Waals surface area contributed by atoms with E-state index in [9.17, 15) is 14.0 Å². The molecule has 2 N–H and O–H groups in total. The lowest BCUT2D eigenvalue weighted by Gasteiger charge is -2.23. The highest BCUT2D eigenvalue weighted by molar-refractivity contribution is 7.09. The first-order valence-electron chi connectivity index (χ1n) is 10.1. The zero-order chi connectivity index (χ0) is 23.4. The number of pyridine rings is 1. The quantitative estimate of drug-likeness (QED) is 0.402. The van der Waals surface area contributed by atoms with E-state index in [2.05, 4.69) is 10.3 Å². The molecule has 0 spiro atoms. The van der Waals surface area contributed by atoms with Crippen LogP contribution in [0.4, 0.5) is 14.9 Å². The fourth-order valence-electron chi connectivity index (χ4n) is 3.43. The van der Waals surface area contributed by atoms with Crippen LogP contribution < -0.4 is 20.3 Å². The summed E-state index contributed by atoms with van der Waals surface area (Å²) in [5.74, 6) is 0.650. The summed E-state index contributed by atoms with van der Waals surface area (Å²) in [6.45, 7) is 0.388. The van der Waals surface area contributed by atoms with Crippen LogP contribution in [0.15, 0.2) is 64.8 Å². The standard InChI is InChI=1S/C24H22FN3O4S/c1-31-21-11-15-10-16(23(29)27-20(15)12-22(21)32-2)13-28(14-19-4-3-9-33-19)24(30)26-18-7-5-17(25)6-8-18/h3-12H,13-14H2,1-2H3,(H,26,30)(H,27,29). The Kier molecular flexibility index (Phi) is 6.60. The lowest BCUT2D eigenvalue weighted by atomic mass is 10.1. The zero-order valence-electron chi connectivity index (χ0n) is 18.1. The van der Waals surface area contributed by atoms with Gasteiger partial charge in [-0.2, -0.15) is 0 Å². The van der Waals surface area contributed by atoms with Crippen LogP contribution in [0.2, 0.25) is 0 Å². The first kappa shape index (κ1) is 22.3. The van der Waals surface area contributed by atoms with Gasteiger partial charge in [0.15, 0.2) is 11.5 Å². The number of carbonyl (C=O) groups excluding carboxylic acids is 1. The Balaban J connectivity index is 1.65. The lowest BCUT2D eigenvalue weighted by molar-refractivity contribution is 0.207. The molecule has 2 heterocycles. The summed E-state index contributed by atoms with van der Waals surface area (Å²) in [4.78, 5) is 31.2. The van der Waals surface area contributed by atoms with Crippen molar-refractivity contribution in [1.82, 2.24) is 9.88 Å². The third-order valence-electron chi connectivity index (χ3n) is 5.10. The van der Waals surface area contributed by atoms with Crippen molar-refractivity contribution in [3.8, 4) is 11.5 Å². The minimum Gasteiger partial charge on any atom is -0.493 e. The second-order valence-corrected chi connectivity index (χ2v) is 8.32. The molecule has 2 aromatic carbocycles. The summed E-state index contributed by atoms with van der Waals surface area (Å²) in [6.07, 6.45) is 0. The number of aromatic amines is 1. The summed E-state index contributed by atoms with van der Waals surface area (Å²) < 4.78 is 23.9. The fraction of sp³-hybridized carbons (Fsp3) is 0.167. The van der Waals surface area contributed by atoms with Gasteiger partial charge in [0.25, 0.3) is 5.56 Å². The van der Waals surface area contributed by atoms with Crippen LogP contribution >= 0.6 is 11.3 Å². The van der Waals surface area contributed by atoms with Crippen molar-refractivity contribution in [3.05, 3.63) is 86.6 Å². The first-order chi connectivity index (χ1) is 16.0. The predicted octanol–water partition coefficient (Wildman–Crippen LogP) is 4.98. The SMILES string of the molecule is COc1cc2cc(CN(Cc3cccs3)C(=O)Nc3ccc(F)cc3)c(=O)[nH]c2cc1OC. The number of halogens is 1. The van der Waals surface area contributed by atoms with Gasteiger partial charge in [0, 0.05) is 27.6 Å². The molecule has 4 rings (SSSR count). The molecule has 0 aliphatic carbocycles. The molecule has 2 amide bonds. The molecule has 0 radical (unpaired) electrons. The number of urea groups is 1. The molecule has 7 nitrogen and oxygen atoms in total. The van der Waals surface area contributed by atoms with Crippen LogP contribution in [0, 0.1) is 5.82 Å². The van der Waals surface area contributed by atoms with Crippen LogP contribution in [-0.4, -0.2) is 30.1 Å². The second kappa shape index (κ2) is 9.74. The van der Waals surface area contributed by atoms with Crippen LogP contribution in [0.5, 0.6) is 11.5 Å². The Labute approximate surface area is 193 Å². The highest BCUT2D eigenvalue weighted by atomic mass is 32.1. The molecule has 4 aromatic rings. The van der Waals surface area contributed by atoms with Gasteiger partial charge >= 0.3 is 6.03 Å². The van der Waals surface area contributed by atoms with E-state index in [-0.39, 0.29) is 12.1 Å². The van der Waals surface area contributed by atoms with E-state index in [1.165, 1.54) is 47.6 Å². The molecule has 0 aliphatic heterocycles. The van der Waals surface area contributed by atoms with E-state index in [1.807, 2.05) is 17.5 Å². The van der Waals surface area contributed by atoms with Gasteiger partial charge in [0.05, 0.1) is 32.8 Å². The first-order valence-corrected chi connectivity index (χ1v) is 11.0. The molecular weight excluding hydrogens is 445 g/mol. The monoisotopic (exact) mass is 467 g/mol. The number of hydrogen-bond acceptors (Lipinski definition) is 5. The summed E-state index contributed by atoms with van der Waals surface area (Å²) in [5.41, 5.74) is 1.17. The van der Waals surface area contributed by atoms with Gasteiger partial charge in [0.1, 0.15) is 5.82 Å². The molecule has 0 saturated carbocycles. The van der Waals surface area contributed by atoms with Crippen molar-refractivity contribution >= 4 is 34.0 Å². The minimum absolute atomic E-state index is 0.0740. The van der Waals surface area contributed by atoms with Gasteiger partial charge in [-0.1, -0.05) is 6.07 Å². The molecule has 9 heteroatoms. The zero-order valence-corrected chi connectivity index (χ0v) is 18.9. The Hall–Kier alpha value is -3.85.